The molecule has 19 heavy (non-hydrogen) atoms. The maximum absolute atomic E-state index is 11.4. The highest BCUT2D eigenvalue weighted by Crippen LogP contribution is 2.78. The Bertz CT molecular complexity index is 396. The van der Waals surface area contributed by atoms with Crippen LogP contribution in [-0.2, 0) is 9.53 Å². The highest BCUT2D eigenvalue weighted by Gasteiger charge is 2.72. The van der Waals surface area contributed by atoms with Gasteiger partial charge in [-0.05, 0) is 47.8 Å². The summed E-state index contributed by atoms with van der Waals surface area (Å²) < 4.78 is 4.95. The molecule has 0 aromatic heterocycles. The SMILES string of the molecule is CCOC(=O)/C=C/C(C)C1CC2[C@H](C)[C@]2(C)C1(C)C. The van der Waals surface area contributed by atoms with Crippen LogP contribution in [0.5, 0.6) is 0 Å². The monoisotopic (exact) mass is 264 g/mol. The van der Waals surface area contributed by atoms with Crippen molar-refractivity contribution in [3.63, 3.8) is 0 Å². The predicted molar refractivity (Wildman–Crippen MR) is 77.6 cm³/mol. The molecule has 0 N–H and O–H groups in total. The fourth-order valence-electron chi connectivity index (χ4n) is 4.74. The Labute approximate surface area is 117 Å². The molecule has 0 aromatic carbocycles. The van der Waals surface area contributed by atoms with Crippen molar-refractivity contribution in [2.75, 3.05) is 6.61 Å². The van der Waals surface area contributed by atoms with Gasteiger partial charge in [0.1, 0.15) is 0 Å². The predicted octanol–water partition coefficient (Wildman–Crippen LogP) is 4.06. The van der Waals surface area contributed by atoms with Gasteiger partial charge in [0.05, 0.1) is 6.61 Å². The molecule has 0 bridgehead atoms. The minimum Gasteiger partial charge on any atom is -0.463 e. The van der Waals surface area contributed by atoms with Crippen molar-refractivity contribution in [2.24, 2.45) is 34.5 Å². The molecule has 0 aromatic rings. The third-order valence-corrected chi connectivity index (χ3v) is 6.49. The lowest BCUT2D eigenvalue weighted by Gasteiger charge is -2.39. The molecule has 2 rings (SSSR count). The average molecular weight is 264 g/mol. The molecule has 0 saturated heterocycles. The van der Waals surface area contributed by atoms with E-state index in [1.807, 2.05) is 13.0 Å². The first-order chi connectivity index (χ1) is 8.76. The summed E-state index contributed by atoms with van der Waals surface area (Å²) in [4.78, 5) is 11.4. The molecule has 2 aliphatic rings. The van der Waals surface area contributed by atoms with E-state index in [2.05, 4.69) is 34.6 Å². The summed E-state index contributed by atoms with van der Waals surface area (Å²) in [5, 5.41) is 0. The summed E-state index contributed by atoms with van der Waals surface area (Å²) in [6, 6.07) is 0. The Morgan fingerprint density at radius 2 is 2.05 bits per heavy atom. The first kappa shape index (κ1) is 14.6. The highest BCUT2D eigenvalue weighted by atomic mass is 16.5. The lowest BCUT2D eigenvalue weighted by Crippen LogP contribution is -2.33. The Hall–Kier alpha value is -0.790. The molecule has 2 heteroatoms. The normalized spacial score (nSPS) is 41.1. The second-order valence-electron chi connectivity index (χ2n) is 7.21. The van der Waals surface area contributed by atoms with Crippen molar-refractivity contribution in [3.8, 4) is 0 Å². The van der Waals surface area contributed by atoms with Crippen molar-refractivity contribution in [2.45, 2.75) is 48.0 Å². The fraction of sp³-hybridized carbons (Fsp3) is 0.824. The van der Waals surface area contributed by atoms with E-state index < -0.39 is 0 Å². The molecule has 5 atom stereocenters. The van der Waals surface area contributed by atoms with Gasteiger partial charge in [-0.15, -0.1) is 0 Å². The molecule has 0 aliphatic heterocycles. The van der Waals surface area contributed by atoms with Crippen LogP contribution >= 0.6 is 0 Å². The number of allylic oxidation sites excluding steroid dienone is 1. The first-order valence-corrected chi connectivity index (χ1v) is 7.61. The first-order valence-electron chi connectivity index (χ1n) is 7.61. The largest absolute Gasteiger partial charge is 0.463 e. The lowest BCUT2D eigenvalue weighted by atomic mass is 9.66. The quantitative estimate of drug-likeness (QED) is 0.565. The van der Waals surface area contributed by atoms with Gasteiger partial charge in [0.25, 0.3) is 0 Å². The Balaban J connectivity index is 2.02. The molecule has 2 fully saturated rings. The number of carbonyl (C=O) groups excluding carboxylic acids is 1. The van der Waals surface area contributed by atoms with Gasteiger partial charge in [0.15, 0.2) is 0 Å². The summed E-state index contributed by atoms with van der Waals surface area (Å²) in [6.45, 7) is 14.2. The van der Waals surface area contributed by atoms with E-state index >= 15 is 0 Å². The van der Waals surface area contributed by atoms with Gasteiger partial charge in [-0.3, -0.25) is 0 Å². The van der Waals surface area contributed by atoms with E-state index in [0.29, 0.717) is 29.3 Å². The van der Waals surface area contributed by atoms with Gasteiger partial charge >= 0.3 is 5.97 Å². The zero-order valence-corrected chi connectivity index (χ0v) is 13.2. The number of ether oxygens (including phenoxy) is 1. The van der Waals surface area contributed by atoms with Crippen LogP contribution in [0.4, 0.5) is 0 Å². The number of hydrogen-bond acceptors (Lipinski definition) is 2. The molecule has 108 valence electrons. The van der Waals surface area contributed by atoms with Crippen LogP contribution in [0.2, 0.25) is 0 Å². The Kier molecular flexibility index (Phi) is 3.57. The summed E-state index contributed by atoms with van der Waals surface area (Å²) in [7, 11) is 0. The molecule has 2 aliphatic carbocycles. The van der Waals surface area contributed by atoms with Crippen LogP contribution in [0.3, 0.4) is 0 Å². The van der Waals surface area contributed by atoms with Gasteiger partial charge in [0.2, 0.25) is 0 Å². The summed E-state index contributed by atoms with van der Waals surface area (Å²) in [5.74, 6) is 2.64. The van der Waals surface area contributed by atoms with Gasteiger partial charge in [-0.1, -0.05) is 40.7 Å². The smallest absolute Gasteiger partial charge is 0.330 e. The third-order valence-electron chi connectivity index (χ3n) is 6.49. The van der Waals surface area contributed by atoms with E-state index in [4.69, 9.17) is 4.74 Å². The number of carbonyl (C=O) groups is 1. The third kappa shape index (κ3) is 2.04. The van der Waals surface area contributed by atoms with Gasteiger partial charge in [0, 0.05) is 6.08 Å². The maximum atomic E-state index is 11.4. The lowest BCUT2D eigenvalue weighted by molar-refractivity contribution is -0.137. The molecule has 0 radical (unpaired) electrons. The zero-order valence-electron chi connectivity index (χ0n) is 13.2. The number of rotatable bonds is 4. The van der Waals surface area contributed by atoms with E-state index in [1.165, 1.54) is 6.42 Å². The van der Waals surface area contributed by atoms with Crippen molar-refractivity contribution < 1.29 is 9.53 Å². The Morgan fingerprint density at radius 1 is 1.42 bits per heavy atom. The fourth-order valence-corrected chi connectivity index (χ4v) is 4.74. The van der Waals surface area contributed by atoms with E-state index in [-0.39, 0.29) is 5.97 Å². The molecule has 0 spiro atoms. The van der Waals surface area contributed by atoms with E-state index in [0.717, 1.165) is 11.8 Å². The minimum absolute atomic E-state index is 0.213. The van der Waals surface area contributed by atoms with Crippen LogP contribution in [0.1, 0.15) is 48.0 Å². The number of hydrogen-bond donors (Lipinski definition) is 0. The summed E-state index contributed by atoms with van der Waals surface area (Å²) in [6.07, 6.45) is 4.96. The van der Waals surface area contributed by atoms with E-state index in [9.17, 15) is 4.79 Å². The highest BCUT2D eigenvalue weighted by molar-refractivity contribution is 5.81. The molecule has 0 heterocycles. The van der Waals surface area contributed by atoms with Crippen LogP contribution in [-0.4, -0.2) is 12.6 Å². The van der Waals surface area contributed by atoms with Crippen LogP contribution in [0.15, 0.2) is 12.2 Å². The molecular formula is C17H28O2. The standard InChI is InChI=1S/C17H28O2/c1-7-19-15(18)9-8-11(2)13-10-14-12(3)17(14,6)16(13,4)5/h8-9,11-14H,7,10H2,1-6H3/b9-8+/t11?,12-,13?,14?,17-/m0/s1. The van der Waals surface area contributed by atoms with Gasteiger partial charge in [-0.25, -0.2) is 4.79 Å². The van der Waals surface area contributed by atoms with Crippen molar-refractivity contribution in [1.82, 2.24) is 0 Å². The number of fused-ring (bicyclic) bond motifs is 1. The molecule has 2 nitrogen and oxygen atoms in total. The Morgan fingerprint density at radius 3 is 2.53 bits per heavy atom. The maximum Gasteiger partial charge on any atom is 0.330 e. The van der Waals surface area contributed by atoms with Crippen molar-refractivity contribution >= 4 is 5.97 Å². The minimum atomic E-state index is -0.213. The second kappa shape index (κ2) is 4.64. The molecular weight excluding hydrogens is 236 g/mol. The van der Waals surface area contributed by atoms with Gasteiger partial charge < -0.3 is 4.74 Å². The van der Waals surface area contributed by atoms with E-state index in [1.54, 1.807) is 6.08 Å². The molecule has 2 saturated carbocycles. The van der Waals surface area contributed by atoms with Crippen LogP contribution < -0.4 is 0 Å². The van der Waals surface area contributed by atoms with Crippen molar-refractivity contribution in [3.05, 3.63) is 12.2 Å². The summed E-state index contributed by atoms with van der Waals surface area (Å²) in [5.41, 5.74) is 0.860. The zero-order chi connectivity index (χ0) is 14.4. The number of esters is 1. The van der Waals surface area contributed by atoms with Crippen LogP contribution in [0, 0.1) is 34.5 Å². The molecule has 3 unspecified atom stereocenters. The van der Waals surface area contributed by atoms with Crippen LogP contribution in [0.25, 0.3) is 0 Å². The van der Waals surface area contributed by atoms with Crippen molar-refractivity contribution in [1.29, 1.82) is 0 Å². The topological polar surface area (TPSA) is 26.3 Å². The summed E-state index contributed by atoms with van der Waals surface area (Å²) >= 11 is 0. The average Bonchev–Trinajstić information content (AvgIpc) is 2.78. The van der Waals surface area contributed by atoms with Gasteiger partial charge in [-0.2, -0.15) is 0 Å². The molecule has 0 amide bonds. The second-order valence-corrected chi connectivity index (χ2v) is 7.21.